The van der Waals surface area contributed by atoms with Gasteiger partial charge in [0.05, 0.1) is 5.75 Å². The van der Waals surface area contributed by atoms with Crippen molar-refractivity contribution in [3.8, 4) is 16.9 Å². The van der Waals surface area contributed by atoms with Crippen LogP contribution in [-0.2, 0) is 11.3 Å². The molecule has 0 saturated heterocycles. The Morgan fingerprint density at radius 2 is 1.86 bits per heavy atom. The predicted octanol–water partition coefficient (Wildman–Crippen LogP) is 4.45. The normalized spacial score (nSPS) is 11.8. The van der Waals surface area contributed by atoms with Crippen molar-refractivity contribution in [1.82, 2.24) is 14.8 Å². The molecular weight excluding hydrogens is 374 g/mol. The number of aromatic nitrogens is 3. The van der Waals surface area contributed by atoms with Crippen LogP contribution in [0.5, 0.6) is 5.75 Å². The minimum atomic E-state index is -0.900. The summed E-state index contributed by atoms with van der Waals surface area (Å²) in [7, 11) is 0. The first kappa shape index (κ1) is 19.7. The van der Waals surface area contributed by atoms with Gasteiger partial charge in [-0.25, -0.2) is 0 Å². The summed E-state index contributed by atoms with van der Waals surface area (Å²) < 4.78 is 7.86. The second-order valence-corrected chi connectivity index (χ2v) is 7.02. The Bertz CT molecular complexity index is 939. The molecule has 0 radical (unpaired) electrons. The van der Waals surface area contributed by atoms with Crippen LogP contribution in [0.3, 0.4) is 0 Å². The van der Waals surface area contributed by atoms with Crippen LogP contribution in [0.2, 0.25) is 0 Å². The molecule has 1 atom stereocenters. The number of nitrogens with zero attached hydrogens (tertiary/aromatic N) is 3. The minimum absolute atomic E-state index is 0.0779. The van der Waals surface area contributed by atoms with Gasteiger partial charge in [0.15, 0.2) is 17.1 Å². The number of rotatable bonds is 9. The molecule has 144 valence electrons. The van der Waals surface area contributed by atoms with Crippen molar-refractivity contribution >= 4 is 17.7 Å². The lowest BCUT2D eigenvalue weighted by Crippen LogP contribution is -2.12. The highest BCUT2D eigenvalue weighted by Gasteiger charge is 2.19. The Hall–Kier alpha value is -3.06. The van der Waals surface area contributed by atoms with Crippen molar-refractivity contribution in [3.63, 3.8) is 0 Å². The second kappa shape index (κ2) is 9.23. The van der Waals surface area contributed by atoms with Gasteiger partial charge in [0.1, 0.15) is 5.75 Å². The van der Waals surface area contributed by atoms with Crippen LogP contribution < -0.4 is 4.74 Å². The van der Waals surface area contributed by atoms with E-state index in [4.69, 9.17) is 9.84 Å². The molecule has 0 amide bonds. The zero-order valence-electron chi connectivity index (χ0n) is 15.5. The molecule has 0 aliphatic carbocycles. The van der Waals surface area contributed by atoms with Crippen molar-refractivity contribution in [1.29, 1.82) is 0 Å². The Balaban J connectivity index is 1.74. The number of carboxylic acids is 1. The molecule has 1 N–H and O–H groups in total. The van der Waals surface area contributed by atoms with Crippen molar-refractivity contribution in [2.75, 3.05) is 5.75 Å². The number of thioether (sulfide) groups is 1. The van der Waals surface area contributed by atoms with Crippen LogP contribution in [0.15, 0.2) is 72.4 Å². The van der Waals surface area contributed by atoms with Crippen molar-refractivity contribution in [3.05, 3.63) is 73.1 Å². The van der Waals surface area contributed by atoms with Gasteiger partial charge in [-0.1, -0.05) is 60.3 Å². The lowest BCUT2D eigenvalue weighted by Gasteiger charge is -2.16. The largest absolute Gasteiger partial charge is 0.483 e. The van der Waals surface area contributed by atoms with Crippen molar-refractivity contribution < 1.29 is 14.6 Å². The number of carbonyl (C=O) groups is 1. The molecule has 0 spiro atoms. The number of ether oxygens (including phenoxy) is 1. The molecule has 3 rings (SSSR count). The highest BCUT2D eigenvalue weighted by atomic mass is 32.2. The minimum Gasteiger partial charge on any atom is -0.483 e. The zero-order valence-corrected chi connectivity index (χ0v) is 16.3. The second-order valence-electron chi connectivity index (χ2n) is 6.07. The zero-order chi connectivity index (χ0) is 19.9. The van der Waals surface area contributed by atoms with Gasteiger partial charge in [0.2, 0.25) is 0 Å². The molecule has 1 heterocycles. The van der Waals surface area contributed by atoms with Crippen LogP contribution in [0.4, 0.5) is 0 Å². The standard InChI is InChI=1S/C21H21N3O3S/c1-3-13-24-20(22-23-21(24)28-14-19(25)26)15(2)27-18-11-9-17(10-12-18)16-7-5-4-6-8-16/h3-12,15H,1,13-14H2,2H3,(H,25,26). The molecule has 0 saturated carbocycles. The molecule has 0 aliphatic rings. The molecule has 0 fully saturated rings. The first-order valence-electron chi connectivity index (χ1n) is 8.79. The van der Waals surface area contributed by atoms with E-state index < -0.39 is 5.97 Å². The number of aliphatic carboxylic acids is 1. The van der Waals surface area contributed by atoms with E-state index in [1.165, 1.54) is 0 Å². The highest BCUT2D eigenvalue weighted by molar-refractivity contribution is 7.99. The maximum atomic E-state index is 10.8. The van der Waals surface area contributed by atoms with Crippen LogP contribution in [-0.4, -0.2) is 31.6 Å². The Morgan fingerprint density at radius 1 is 1.18 bits per heavy atom. The van der Waals surface area contributed by atoms with E-state index in [0.29, 0.717) is 17.5 Å². The smallest absolute Gasteiger partial charge is 0.313 e. The van der Waals surface area contributed by atoms with E-state index >= 15 is 0 Å². The maximum Gasteiger partial charge on any atom is 0.313 e. The molecule has 1 unspecified atom stereocenters. The lowest BCUT2D eigenvalue weighted by molar-refractivity contribution is -0.133. The monoisotopic (exact) mass is 395 g/mol. The van der Waals surface area contributed by atoms with Gasteiger partial charge < -0.3 is 9.84 Å². The summed E-state index contributed by atoms with van der Waals surface area (Å²) in [6.07, 6.45) is 1.37. The van der Waals surface area contributed by atoms with E-state index in [1.807, 2.05) is 54.0 Å². The van der Waals surface area contributed by atoms with Gasteiger partial charge in [-0.15, -0.1) is 16.8 Å². The number of carboxylic acid groups (broad SMARTS) is 1. The molecular formula is C21H21N3O3S. The van der Waals surface area contributed by atoms with Gasteiger partial charge in [0.25, 0.3) is 0 Å². The summed E-state index contributed by atoms with van der Waals surface area (Å²) in [5.41, 5.74) is 2.26. The van der Waals surface area contributed by atoms with Gasteiger partial charge in [0, 0.05) is 6.54 Å². The highest BCUT2D eigenvalue weighted by Crippen LogP contribution is 2.27. The third-order valence-corrected chi connectivity index (χ3v) is 4.97. The van der Waals surface area contributed by atoms with Crippen LogP contribution in [0.25, 0.3) is 11.1 Å². The van der Waals surface area contributed by atoms with E-state index in [-0.39, 0.29) is 11.9 Å². The molecule has 2 aromatic carbocycles. The van der Waals surface area contributed by atoms with E-state index in [2.05, 4.69) is 28.9 Å². The molecule has 3 aromatic rings. The topological polar surface area (TPSA) is 77.2 Å². The van der Waals surface area contributed by atoms with Crippen LogP contribution >= 0.6 is 11.8 Å². The fraction of sp³-hybridized carbons (Fsp3) is 0.190. The number of allylic oxidation sites excluding steroid dienone is 1. The molecule has 28 heavy (non-hydrogen) atoms. The van der Waals surface area contributed by atoms with Gasteiger partial charge in [-0.2, -0.15) is 0 Å². The third-order valence-electron chi connectivity index (χ3n) is 4.02. The SMILES string of the molecule is C=CCn1c(SCC(=O)O)nnc1C(C)Oc1ccc(-c2ccccc2)cc1. The molecule has 0 bridgehead atoms. The number of benzene rings is 2. The van der Waals surface area contributed by atoms with Gasteiger partial charge in [-0.3, -0.25) is 9.36 Å². The average Bonchev–Trinajstić information content (AvgIpc) is 3.11. The predicted molar refractivity (Wildman–Crippen MR) is 109 cm³/mol. The lowest BCUT2D eigenvalue weighted by atomic mass is 10.1. The fourth-order valence-corrected chi connectivity index (χ4v) is 3.42. The Labute approximate surface area is 167 Å². The van der Waals surface area contributed by atoms with E-state index in [0.717, 1.165) is 28.6 Å². The summed E-state index contributed by atoms with van der Waals surface area (Å²) in [6, 6.07) is 18.0. The molecule has 1 aromatic heterocycles. The number of hydrogen-bond donors (Lipinski definition) is 1. The first-order chi connectivity index (χ1) is 13.6. The van der Waals surface area contributed by atoms with Crippen LogP contribution in [0.1, 0.15) is 18.9 Å². The third kappa shape index (κ3) is 4.80. The molecule has 6 nitrogen and oxygen atoms in total. The summed E-state index contributed by atoms with van der Waals surface area (Å²) in [5.74, 6) is 0.369. The summed E-state index contributed by atoms with van der Waals surface area (Å²) in [5, 5.41) is 17.7. The van der Waals surface area contributed by atoms with E-state index in [9.17, 15) is 4.79 Å². The molecule has 0 aliphatic heterocycles. The Kier molecular flexibility index (Phi) is 6.49. The van der Waals surface area contributed by atoms with Crippen molar-refractivity contribution in [2.24, 2.45) is 0 Å². The summed E-state index contributed by atoms with van der Waals surface area (Å²) in [6.45, 7) is 6.12. The maximum absolute atomic E-state index is 10.8. The number of hydrogen-bond acceptors (Lipinski definition) is 5. The van der Waals surface area contributed by atoms with E-state index in [1.54, 1.807) is 6.08 Å². The van der Waals surface area contributed by atoms with Gasteiger partial charge >= 0.3 is 5.97 Å². The fourth-order valence-electron chi connectivity index (χ4n) is 2.75. The quantitative estimate of drug-likeness (QED) is 0.426. The molecule has 7 heteroatoms. The van der Waals surface area contributed by atoms with Crippen LogP contribution in [0, 0.1) is 0 Å². The Morgan fingerprint density at radius 3 is 2.50 bits per heavy atom. The van der Waals surface area contributed by atoms with Crippen molar-refractivity contribution in [2.45, 2.75) is 24.7 Å². The first-order valence-corrected chi connectivity index (χ1v) is 9.77. The summed E-state index contributed by atoms with van der Waals surface area (Å²) >= 11 is 1.13. The average molecular weight is 395 g/mol. The van der Waals surface area contributed by atoms with Gasteiger partial charge in [-0.05, 0) is 30.2 Å². The summed E-state index contributed by atoms with van der Waals surface area (Å²) in [4.78, 5) is 10.8.